The van der Waals surface area contributed by atoms with Crippen LogP contribution >= 0.6 is 0 Å². The van der Waals surface area contributed by atoms with Gasteiger partial charge in [-0.25, -0.2) is 0 Å². The van der Waals surface area contributed by atoms with Gasteiger partial charge < -0.3 is 10.1 Å². The Kier molecular flexibility index (Phi) is 4.20. The van der Waals surface area contributed by atoms with Crippen LogP contribution in [0.25, 0.3) is 6.08 Å². The van der Waals surface area contributed by atoms with Gasteiger partial charge in [0.2, 0.25) is 0 Å². The summed E-state index contributed by atoms with van der Waals surface area (Å²) in [6.45, 7) is 7.63. The molecule has 0 atom stereocenters. The van der Waals surface area contributed by atoms with E-state index in [0.717, 1.165) is 24.4 Å². The molecule has 0 aliphatic rings. The zero-order valence-corrected chi connectivity index (χ0v) is 8.84. The molecular formula is C12H17NO. The van der Waals surface area contributed by atoms with Gasteiger partial charge in [0.15, 0.2) is 0 Å². The highest BCUT2D eigenvalue weighted by Gasteiger charge is 2.01. The van der Waals surface area contributed by atoms with Crippen LogP contribution in [-0.4, -0.2) is 13.7 Å². The minimum absolute atomic E-state index is 0.835. The number of benzene rings is 1. The number of hydrogen-bond acceptors (Lipinski definition) is 2. The van der Waals surface area contributed by atoms with Gasteiger partial charge in [0.25, 0.3) is 0 Å². The fraction of sp³-hybridized carbons (Fsp3) is 0.333. The Morgan fingerprint density at radius 1 is 1.50 bits per heavy atom. The van der Waals surface area contributed by atoms with Crippen LogP contribution in [0.2, 0.25) is 0 Å². The smallest absolute Gasteiger partial charge is 0.123 e. The fourth-order valence-electron chi connectivity index (χ4n) is 1.32. The molecule has 0 spiro atoms. The van der Waals surface area contributed by atoms with E-state index in [0.29, 0.717) is 0 Å². The molecule has 0 saturated heterocycles. The third kappa shape index (κ3) is 2.60. The molecule has 0 aromatic heterocycles. The topological polar surface area (TPSA) is 21.3 Å². The molecule has 0 radical (unpaired) electrons. The first-order valence-corrected chi connectivity index (χ1v) is 4.82. The number of hydrogen-bond donors (Lipinski definition) is 1. The van der Waals surface area contributed by atoms with E-state index in [2.05, 4.69) is 24.9 Å². The second-order valence-corrected chi connectivity index (χ2v) is 3.06. The molecule has 0 aliphatic carbocycles. The van der Waals surface area contributed by atoms with Crippen molar-refractivity contribution in [2.45, 2.75) is 13.5 Å². The predicted octanol–water partition coefficient (Wildman–Crippen LogP) is 2.45. The van der Waals surface area contributed by atoms with Crippen molar-refractivity contribution >= 4 is 6.08 Å². The molecule has 2 nitrogen and oxygen atoms in total. The van der Waals surface area contributed by atoms with E-state index in [-0.39, 0.29) is 0 Å². The standard InChI is InChI=1S/C12H17NO/c1-4-10-6-7-12(14-3)11(8-10)9-13-5-2/h4,6-8,13H,1,5,9H2,2-3H3. The number of nitrogens with one attached hydrogen (secondary N) is 1. The maximum Gasteiger partial charge on any atom is 0.123 e. The van der Waals surface area contributed by atoms with Gasteiger partial charge in [-0.2, -0.15) is 0 Å². The summed E-state index contributed by atoms with van der Waals surface area (Å²) in [5.41, 5.74) is 2.30. The zero-order chi connectivity index (χ0) is 10.4. The number of methoxy groups -OCH3 is 1. The Morgan fingerprint density at radius 2 is 2.29 bits per heavy atom. The number of rotatable bonds is 5. The lowest BCUT2D eigenvalue weighted by Gasteiger charge is -2.09. The fourth-order valence-corrected chi connectivity index (χ4v) is 1.32. The Bertz CT molecular complexity index is 307. The summed E-state index contributed by atoms with van der Waals surface area (Å²) in [6.07, 6.45) is 1.84. The summed E-state index contributed by atoms with van der Waals surface area (Å²) in [7, 11) is 1.69. The minimum atomic E-state index is 0.835. The highest BCUT2D eigenvalue weighted by atomic mass is 16.5. The molecular weight excluding hydrogens is 174 g/mol. The average Bonchev–Trinajstić information content (AvgIpc) is 2.25. The maximum absolute atomic E-state index is 5.27. The van der Waals surface area contributed by atoms with Crippen molar-refractivity contribution in [2.75, 3.05) is 13.7 Å². The molecule has 0 saturated carbocycles. The largest absolute Gasteiger partial charge is 0.496 e. The minimum Gasteiger partial charge on any atom is -0.496 e. The van der Waals surface area contributed by atoms with E-state index < -0.39 is 0 Å². The summed E-state index contributed by atoms with van der Waals surface area (Å²) >= 11 is 0. The molecule has 1 aromatic rings. The third-order valence-corrected chi connectivity index (χ3v) is 2.11. The van der Waals surface area contributed by atoms with Crippen molar-refractivity contribution in [1.29, 1.82) is 0 Å². The van der Waals surface area contributed by atoms with E-state index in [1.807, 2.05) is 18.2 Å². The first-order chi connectivity index (χ1) is 6.81. The van der Waals surface area contributed by atoms with Gasteiger partial charge in [0.05, 0.1) is 7.11 Å². The van der Waals surface area contributed by atoms with Crippen LogP contribution in [0.4, 0.5) is 0 Å². The molecule has 1 aromatic carbocycles. The Hall–Kier alpha value is -1.28. The van der Waals surface area contributed by atoms with Gasteiger partial charge in [-0.15, -0.1) is 0 Å². The van der Waals surface area contributed by atoms with E-state index >= 15 is 0 Å². The molecule has 1 N–H and O–H groups in total. The van der Waals surface area contributed by atoms with Gasteiger partial charge >= 0.3 is 0 Å². The molecule has 2 heteroatoms. The predicted molar refractivity (Wildman–Crippen MR) is 60.5 cm³/mol. The van der Waals surface area contributed by atoms with Crippen molar-refractivity contribution in [3.63, 3.8) is 0 Å². The van der Waals surface area contributed by atoms with Gasteiger partial charge in [-0.05, 0) is 24.2 Å². The summed E-state index contributed by atoms with van der Waals surface area (Å²) in [5, 5.41) is 3.28. The number of ether oxygens (including phenoxy) is 1. The van der Waals surface area contributed by atoms with Gasteiger partial charge in [-0.1, -0.05) is 25.6 Å². The van der Waals surface area contributed by atoms with Crippen molar-refractivity contribution < 1.29 is 4.74 Å². The first kappa shape index (κ1) is 10.8. The van der Waals surface area contributed by atoms with Crippen LogP contribution in [0.15, 0.2) is 24.8 Å². The van der Waals surface area contributed by atoms with Crippen LogP contribution in [0.1, 0.15) is 18.1 Å². The maximum atomic E-state index is 5.27. The van der Waals surface area contributed by atoms with Crippen molar-refractivity contribution in [2.24, 2.45) is 0 Å². The highest BCUT2D eigenvalue weighted by Crippen LogP contribution is 2.20. The van der Waals surface area contributed by atoms with E-state index in [1.165, 1.54) is 5.56 Å². The van der Waals surface area contributed by atoms with Gasteiger partial charge in [0, 0.05) is 12.1 Å². The lowest BCUT2D eigenvalue weighted by atomic mass is 10.1. The Balaban J connectivity index is 2.89. The third-order valence-electron chi connectivity index (χ3n) is 2.11. The van der Waals surface area contributed by atoms with Crippen molar-refractivity contribution in [1.82, 2.24) is 5.32 Å². The second-order valence-electron chi connectivity index (χ2n) is 3.06. The molecule has 0 unspecified atom stereocenters. The zero-order valence-electron chi connectivity index (χ0n) is 8.84. The molecule has 1 rings (SSSR count). The van der Waals surface area contributed by atoms with Crippen LogP contribution in [0.3, 0.4) is 0 Å². The normalized spacial score (nSPS) is 9.86. The molecule has 14 heavy (non-hydrogen) atoms. The second kappa shape index (κ2) is 5.45. The van der Waals surface area contributed by atoms with Crippen molar-refractivity contribution in [3.05, 3.63) is 35.9 Å². The summed E-state index contributed by atoms with van der Waals surface area (Å²) in [5.74, 6) is 0.927. The van der Waals surface area contributed by atoms with Gasteiger partial charge in [0.1, 0.15) is 5.75 Å². The summed E-state index contributed by atoms with van der Waals surface area (Å²) < 4.78 is 5.27. The van der Waals surface area contributed by atoms with E-state index in [9.17, 15) is 0 Å². The lowest BCUT2D eigenvalue weighted by molar-refractivity contribution is 0.408. The average molecular weight is 191 g/mol. The monoisotopic (exact) mass is 191 g/mol. The van der Waals surface area contributed by atoms with Gasteiger partial charge in [-0.3, -0.25) is 0 Å². The summed E-state index contributed by atoms with van der Waals surface area (Å²) in [6, 6.07) is 6.07. The Labute approximate surface area is 85.6 Å². The molecule has 0 heterocycles. The molecule has 0 bridgehead atoms. The first-order valence-electron chi connectivity index (χ1n) is 4.82. The SMILES string of the molecule is C=Cc1ccc(OC)c(CNCC)c1. The lowest BCUT2D eigenvalue weighted by Crippen LogP contribution is -2.12. The molecule has 76 valence electrons. The highest BCUT2D eigenvalue weighted by molar-refractivity contribution is 5.51. The van der Waals surface area contributed by atoms with Crippen LogP contribution in [0, 0.1) is 0 Å². The molecule has 0 amide bonds. The summed E-state index contributed by atoms with van der Waals surface area (Å²) in [4.78, 5) is 0. The van der Waals surface area contributed by atoms with E-state index in [1.54, 1.807) is 7.11 Å². The van der Waals surface area contributed by atoms with E-state index in [4.69, 9.17) is 4.74 Å². The molecule has 0 fully saturated rings. The van der Waals surface area contributed by atoms with Crippen molar-refractivity contribution in [3.8, 4) is 5.75 Å². The van der Waals surface area contributed by atoms with Crippen LogP contribution < -0.4 is 10.1 Å². The quantitative estimate of drug-likeness (QED) is 0.772. The molecule has 0 aliphatic heterocycles. The Morgan fingerprint density at radius 3 is 2.86 bits per heavy atom. The van der Waals surface area contributed by atoms with Crippen LogP contribution in [0.5, 0.6) is 5.75 Å². The van der Waals surface area contributed by atoms with Crippen LogP contribution in [-0.2, 0) is 6.54 Å².